The van der Waals surface area contributed by atoms with Gasteiger partial charge in [0.15, 0.2) is 12.4 Å². The lowest BCUT2D eigenvalue weighted by Crippen LogP contribution is -2.50. The summed E-state index contributed by atoms with van der Waals surface area (Å²) in [5.74, 6) is 1.96. The maximum Gasteiger partial charge on any atom is 0.405 e. The quantitative estimate of drug-likeness (QED) is 0.428. The van der Waals surface area contributed by atoms with Crippen LogP contribution in [0.4, 0.5) is 10.7 Å². The third-order valence-electron chi connectivity index (χ3n) is 7.01. The summed E-state index contributed by atoms with van der Waals surface area (Å²) in [6.07, 6.45) is 1.61. The third-order valence-corrected chi connectivity index (χ3v) is 7.01. The van der Waals surface area contributed by atoms with Gasteiger partial charge in [0.05, 0.1) is 11.2 Å². The van der Waals surface area contributed by atoms with Crippen LogP contribution in [0.1, 0.15) is 30.7 Å². The molecule has 4 aromatic rings. The maximum atomic E-state index is 11.4. The van der Waals surface area contributed by atoms with Gasteiger partial charge in [-0.3, -0.25) is 4.57 Å². The van der Waals surface area contributed by atoms with Gasteiger partial charge in [-0.05, 0) is 36.5 Å². The van der Waals surface area contributed by atoms with Gasteiger partial charge in [-0.15, -0.1) is 10.2 Å². The van der Waals surface area contributed by atoms with Gasteiger partial charge in [-0.25, -0.2) is 9.78 Å². The summed E-state index contributed by atoms with van der Waals surface area (Å²) in [7, 11) is 3.87. The molecule has 2 aliphatic rings. The van der Waals surface area contributed by atoms with Gasteiger partial charge >= 0.3 is 6.09 Å². The second-order valence-electron chi connectivity index (χ2n) is 9.45. The minimum atomic E-state index is -0.996. The second kappa shape index (κ2) is 8.37. The summed E-state index contributed by atoms with van der Waals surface area (Å²) in [5.41, 5.74) is 4.97. The summed E-state index contributed by atoms with van der Waals surface area (Å²) >= 11 is 0. The molecule has 1 amide bonds. The Morgan fingerprint density at radius 2 is 1.81 bits per heavy atom. The van der Waals surface area contributed by atoms with E-state index in [4.69, 9.17) is 9.72 Å². The van der Waals surface area contributed by atoms with Crippen molar-refractivity contribution in [2.45, 2.75) is 31.4 Å². The van der Waals surface area contributed by atoms with Gasteiger partial charge in [-0.2, -0.15) is 0 Å². The number of hydrogen-bond donors (Lipinski definition) is 2. The minimum absolute atomic E-state index is 0.285. The Bertz CT molecular complexity index is 1440. The highest BCUT2D eigenvalue weighted by Gasteiger charge is 2.40. The molecule has 0 radical (unpaired) electrons. The second-order valence-corrected chi connectivity index (χ2v) is 9.45. The van der Waals surface area contributed by atoms with E-state index in [9.17, 15) is 9.90 Å². The number of benzene rings is 2. The average molecular weight is 483 g/mol. The maximum absolute atomic E-state index is 11.4. The number of carboxylic acid groups (broad SMARTS) is 1. The van der Waals surface area contributed by atoms with E-state index < -0.39 is 11.6 Å². The summed E-state index contributed by atoms with van der Waals surface area (Å²) in [4.78, 5) is 18.3. The monoisotopic (exact) mass is 482 g/mol. The number of ether oxygens (including phenoxy) is 1. The van der Waals surface area contributed by atoms with E-state index >= 15 is 0 Å². The summed E-state index contributed by atoms with van der Waals surface area (Å²) in [6, 6.07) is 20.2. The van der Waals surface area contributed by atoms with E-state index in [2.05, 4.69) is 33.7 Å². The van der Waals surface area contributed by atoms with Crippen LogP contribution < -0.4 is 15.0 Å². The molecule has 36 heavy (non-hydrogen) atoms. The molecule has 2 N–H and O–H groups in total. The molecule has 1 aliphatic heterocycles. The molecule has 9 nitrogen and oxygen atoms in total. The molecule has 0 spiro atoms. The molecule has 1 fully saturated rings. The number of nitrogens with zero attached hydrogens (tertiary/aromatic N) is 5. The van der Waals surface area contributed by atoms with Crippen LogP contribution in [0.5, 0.6) is 5.88 Å². The van der Waals surface area contributed by atoms with Crippen molar-refractivity contribution in [3.63, 3.8) is 0 Å². The van der Waals surface area contributed by atoms with E-state index in [1.807, 2.05) is 66.0 Å². The fraction of sp³-hybridized carbons (Fsp3) is 0.259. The fourth-order valence-electron chi connectivity index (χ4n) is 5.05. The van der Waals surface area contributed by atoms with Gasteiger partial charge in [0, 0.05) is 25.2 Å². The third kappa shape index (κ3) is 3.55. The summed E-state index contributed by atoms with van der Waals surface area (Å²) in [5, 5.41) is 20.7. The van der Waals surface area contributed by atoms with Crippen LogP contribution in [0.2, 0.25) is 0 Å². The Hall–Kier alpha value is -4.40. The molecule has 0 bridgehead atoms. The molecule has 1 saturated carbocycles. The van der Waals surface area contributed by atoms with Crippen LogP contribution in [0, 0.1) is 0 Å². The van der Waals surface area contributed by atoms with Gasteiger partial charge in [0.2, 0.25) is 11.8 Å². The highest BCUT2D eigenvalue weighted by atomic mass is 16.5. The number of rotatable bonds is 5. The van der Waals surface area contributed by atoms with Gasteiger partial charge in [0.1, 0.15) is 5.69 Å². The SMILES string of the molecule is CN(C)c1nnc2n1-c1cc(-c3ccccc3)c(-c3ccc(C4(NC(=O)O)CCC4)cc3)nc1OC2. The number of hydrogen-bond acceptors (Lipinski definition) is 6. The molecule has 0 saturated heterocycles. The lowest BCUT2D eigenvalue weighted by atomic mass is 9.71. The highest BCUT2D eigenvalue weighted by molar-refractivity contribution is 5.83. The van der Waals surface area contributed by atoms with Crippen molar-refractivity contribution in [1.29, 1.82) is 0 Å². The fourth-order valence-corrected chi connectivity index (χ4v) is 5.05. The smallest absolute Gasteiger partial charge is 0.405 e. The number of fused-ring (bicyclic) bond motifs is 3. The van der Waals surface area contributed by atoms with Gasteiger partial charge in [0.25, 0.3) is 0 Å². The number of anilines is 1. The summed E-state index contributed by atoms with van der Waals surface area (Å²) in [6.45, 7) is 0.285. The Morgan fingerprint density at radius 3 is 2.44 bits per heavy atom. The van der Waals surface area contributed by atoms with Crippen LogP contribution in [0.25, 0.3) is 28.1 Å². The highest BCUT2D eigenvalue weighted by Crippen LogP contribution is 2.43. The van der Waals surface area contributed by atoms with Crippen molar-refractivity contribution in [1.82, 2.24) is 25.1 Å². The zero-order valence-electron chi connectivity index (χ0n) is 20.1. The molecule has 2 aromatic heterocycles. The zero-order valence-corrected chi connectivity index (χ0v) is 20.1. The first-order chi connectivity index (χ1) is 17.4. The molecule has 0 unspecified atom stereocenters. The first-order valence-corrected chi connectivity index (χ1v) is 11.9. The van der Waals surface area contributed by atoms with Crippen molar-refractivity contribution in [3.05, 3.63) is 72.1 Å². The molecule has 182 valence electrons. The molecule has 2 aromatic carbocycles. The van der Waals surface area contributed by atoms with Crippen molar-refractivity contribution in [3.8, 4) is 34.0 Å². The first kappa shape index (κ1) is 22.1. The first-order valence-electron chi connectivity index (χ1n) is 11.9. The zero-order chi connectivity index (χ0) is 24.9. The van der Waals surface area contributed by atoms with Crippen LogP contribution in [-0.4, -0.2) is 45.0 Å². The van der Waals surface area contributed by atoms with Crippen molar-refractivity contribution in [2.24, 2.45) is 0 Å². The van der Waals surface area contributed by atoms with Crippen LogP contribution in [0.3, 0.4) is 0 Å². The Kier molecular flexibility index (Phi) is 5.13. The predicted molar refractivity (Wildman–Crippen MR) is 135 cm³/mol. The predicted octanol–water partition coefficient (Wildman–Crippen LogP) is 4.60. The topological polar surface area (TPSA) is 105 Å². The number of amides is 1. The Morgan fingerprint density at radius 1 is 1.06 bits per heavy atom. The van der Waals surface area contributed by atoms with Gasteiger partial charge < -0.3 is 20.1 Å². The Labute approximate surface area is 208 Å². The molecule has 1 aliphatic carbocycles. The van der Waals surface area contributed by atoms with Crippen LogP contribution in [0.15, 0.2) is 60.7 Å². The lowest BCUT2D eigenvalue weighted by Gasteiger charge is -2.42. The number of carbonyl (C=O) groups is 1. The molecule has 0 atom stereocenters. The van der Waals surface area contributed by atoms with E-state index in [1.165, 1.54) is 0 Å². The molecule has 3 heterocycles. The Balaban J connectivity index is 1.48. The average Bonchev–Trinajstić information content (AvgIpc) is 3.31. The molecular weight excluding hydrogens is 456 g/mol. The number of aromatic nitrogens is 4. The largest absolute Gasteiger partial charge is 0.468 e. The van der Waals surface area contributed by atoms with Crippen LogP contribution >= 0.6 is 0 Å². The standard InChI is InChI=1S/C27H26N6O3/c1-32(2)25-31-30-22-16-36-24-21(33(22)25)15-20(17-7-4-3-5-8-17)23(28-24)18-9-11-19(12-10-18)27(13-6-14-27)29-26(34)35/h3-5,7-12,15,29H,6,13-14,16H2,1-2H3,(H,34,35). The van der Waals surface area contributed by atoms with E-state index in [0.29, 0.717) is 11.8 Å². The van der Waals surface area contributed by atoms with Crippen molar-refractivity contribution in [2.75, 3.05) is 19.0 Å². The minimum Gasteiger partial charge on any atom is -0.468 e. The lowest BCUT2D eigenvalue weighted by molar-refractivity contribution is 0.144. The van der Waals surface area contributed by atoms with Crippen LogP contribution in [-0.2, 0) is 12.1 Å². The molecule has 6 rings (SSSR count). The molecular formula is C27H26N6O3. The van der Waals surface area contributed by atoms with Gasteiger partial charge in [-0.1, -0.05) is 54.6 Å². The number of pyridine rings is 1. The van der Waals surface area contributed by atoms with E-state index in [1.54, 1.807) is 0 Å². The summed E-state index contributed by atoms with van der Waals surface area (Å²) < 4.78 is 8.01. The number of nitrogens with one attached hydrogen (secondary N) is 1. The van der Waals surface area contributed by atoms with E-state index in [-0.39, 0.29) is 6.61 Å². The van der Waals surface area contributed by atoms with E-state index in [0.717, 1.165) is 58.7 Å². The normalized spacial score (nSPS) is 15.2. The molecule has 9 heteroatoms. The van der Waals surface area contributed by atoms with Crippen molar-refractivity contribution < 1.29 is 14.6 Å². The van der Waals surface area contributed by atoms with Crippen molar-refractivity contribution >= 4 is 12.0 Å².